The van der Waals surface area contributed by atoms with Gasteiger partial charge >= 0.3 is 11.6 Å². The summed E-state index contributed by atoms with van der Waals surface area (Å²) in [4.78, 5) is 24.6. The summed E-state index contributed by atoms with van der Waals surface area (Å²) < 4.78 is 34.4. The third kappa shape index (κ3) is 3.95. The molecule has 0 spiro atoms. The summed E-state index contributed by atoms with van der Waals surface area (Å²) in [6, 6.07) is 15.2. The Balaban J connectivity index is 1.73. The lowest BCUT2D eigenvalue weighted by Gasteiger charge is -2.12. The molecule has 0 bridgehead atoms. The monoisotopic (exact) mass is 437 g/mol. The van der Waals surface area contributed by atoms with Crippen LogP contribution in [0.4, 0.5) is 0 Å². The molecule has 0 aliphatic rings. The number of hydrogen-bond donors (Lipinski definition) is 1. The van der Waals surface area contributed by atoms with Crippen LogP contribution in [0.15, 0.2) is 68.7 Å². The molecule has 0 aliphatic carbocycles. The fraction of sp³-hybridized carbons (Fsp3) is 0.130. The van der Waals surface area contributed by atoms with E-state index in [1.807, 2.05) is 30.3 Å². The quantitative estimate of drug-likeness (QED) is 0.296. The average Bonchev–Trinajstić information content (AvgIpc) is 2.72. The third-order valence-electron chi connectivity index (χ3n) is 5.24. The summed E-state index contributed by atoms with van der Waals surface area (Å²) in [6.45, 7) is 3.11. The van der Waals surface area contributed by atoms with Gasteiger partial charge in [-0.1, -0.05) is 30.3 Å². The highest BCUT2D eigenvalue weighted by atomic mass is 32.2. The molecule has 4 aromatic rings. The zero-order valence-corrected chi connectivity index (χ0v) is 17.7. The van der Waals surface area contributed by atoms with Crippen molar-refractivity contribution in [1.82, 2.24) is 0 Å². The Bertz CT molecular complexity index is 1520. The number of carbonyl (C=O) groups excluding carboxylic acids is 1. The molecule has 1 heterocycles. The van der Waals surface area contributed by atoms with Gasteiger partial charge in [-0.2, -0.15) is 0 Å². The molecular formula is C23H19NO6S. The van der Waals surface area contributed by atoms with E-state index in [-0.39, 0.29) is 17.1 Å². The van der Waals surface area contributed by atoms with E-state index in [1.54, 1.807) is 26.0 Å². The highest BCUT2D eigenvalue weighted by Crippen LogP contribution is 2.28. The Hall–Kier alpha value is -3.49. The van der Waals surface area contributed by atoms with E-state index >= 15 is 0 Å². The molecule has 0 saturated heterocycles. The SMILES string of the molecule is Cc1cc(C(=O)OCc2cc(=O)oc3ccc4ccccc4c23)cc(S(N)(=O)=O)c1C. The van der Waals surface area contributed by atoms with Crippen molar-refractivity contribution in [2.75, 3.05) is 0 Å². The Morgan fingerprint density at radius 3 is 2.55 bits per heavy atom. The number of primary sulfonamides is 1. The lowest BCUT2D eigenvalue weighted by molar-refractivity contribution is 0.0473. The first-order chi connectivity index (χ1) is 14.6. The molecule has 4 rings (SSSR count). The standard InChI is InChI=1S/C23H19NO6S/c1-13-9-16(10-20(14(13)2)31(24,27)28)23(26)29-12-17-11-21(25)30-19-8-7-15-5-3-4-6-18(15)22(17)19/h3-11H,12H2,1-2H3,(H2,24,27,28). The van der Waals surface area contributed by atoms with Gasteiger partial charge in [0, 0.05) is 17.0 Å². The zero-order chi connectivity index (χ0) is 22.3. The van der Waals surface area contributed by atoms with Crippen LogP contribution in [0, 0.1) is 13.8 Å². The summed E-state index contributed by atoms with van der Waals surface area (Å²) >= 11 is 0. The van der Waals surface area contributed by atoms with Crippen LogP contribution in [-0.2, 0) is 21.4 Å². The van der Waals surface area contributed by atoms with E-state index in [1.165, 1.54) is 12.1 Å². The first-order valence-electron chi connectivity index (χ1n) is 9.41. The smallest absolute Gasteiger partial charge is 0.338 e. The molecule has 0 aliphatic heterocycles. The molecule has 2 N–H and O–H groups in total. The average molecular weight is 437 g/mol. The van der Waals surface area contributed by atoms with Crippen molar-refractivity contribution in [3.63, 3.8) is 0 Å². The van der Waals surface area contributed by atoms with Crippen LogP contribution >= 0.6 is 0 Å². The predicted molar refractivity (Wildman–Crippen MR) is 116 cm³/mol. The molecule has 31 heavy (non-hydrogen) atoms. The Labute approximate surface area is 178 Å². The van der Waals surface area contributed by atoms with Gasteiger partial charge in [0.15, 0.2) is 0 Å². The minimum atomic E-state index is -4.00. The summed E-state index contributed by atoms with van der Waals surface area (Å²) in [5.41, 5.74) is 1.44. The van der Waals surface area contributed by atoms with Crippen LogP contribution in [0.1, 0.15) is 27.0 Å². The van der Waals surface area contributed by atoms with Crippen molar-refractivity contribution in [3.05, 3.63) is 87.3 Å². The van der Waals surface area contributed by atoms with E-state index in [4.69, 9.17) is 14.3 Å². The second-order valence-electron chi connectivity index (χ2n) is 7.29. The number of aryl methyl sites for hydroxylation is 1. The number of ether oxygens (including phenoxy) is 1. The Morgan fingerprint density at radius 2 is 1.81 bits per heavy atom. The van der Waals surface area contributed by atoms with E-state index in [9.17, 15) is 18.0 Å². The van der Waals surface area contributed by atoms with Gasteiger partial charge in [0.1, 0.15) is 12.2 Å². The highest BCUT2D eigenvalue weighted by molar-refractivity contribution is 7.89. The fourth-order valence-corrected chi connectivity index (χ4v) is 4.48. The summed E-state index contributed by atoms with van der Waals surface area (Å²) in [5, 5.41) is 7.75. The molecule has 1 aromatic heterocycles. The molecule has 0 fully saturated rings. The maximum absolute atomic E-state index is 12.7. The summed E-state index contributed by atoms with van der Waals surface area (Å²) in [7, 11) is -4.00. The Morgan fingerprint density at radius 1 is 1.06 bits per heavy atom. The van der Waals surface area contributed by atoms with Crippen molar-refractivity contribution in [1.29, 1.82) is 0 Å². The van der Waals surface area contributed by atoms with Gasteiger partial charge in [0.25, 0.3) is 0 Å². The van der Waals surface area contributed by atoms with Gasteiger partial charge in [-0.05, 0) is 53.9 Å². The number of fused-ring (bicyclic) bond motifs is 3. The fourth-order valence-electron chi connectivity index (χ4n) is 3.60. The van der Waals surface area contributed by atoms with Gasteiger partial charge in [-0.3, -0.25) is 0 Å². The highest BCUT2D eigenvalue weighted by Gasteiger charge is 2.19. The molecule has 7 nitrogen and oxygen atoms in total. The largest absolute Gasteiger partial charge is 0.457 e. The number of rotatable bonds is 4. The lowest BCUT2D eigenvalue weighted by atomic mass is 10.0. The first-order valence-corrected chi connectivity index (χ1v) is 11.0. The first kappa shape index (κ1) is 20.8. The van der Waals surface area contributed by atoms with Crippen LogP contribution in [0.3, 0.4) is 0 Å². The Kier molecular flexibility index (Phi) is 5.12. The normalized spacial score (nSPS) is 11.7. The van der Waals surface area contributed by atoms with Crippen molar-refractivity contribution in [3.8, 4) is 0 Å². The lowest BCUT2D eigenvalue weighted by Crippen LogP contribution is -2.16. The molecule has 0 radical (unpaired) electrons. The maximum Gasteiger partial charge on any atom is 0.338 e. The third-order valence-corrected chi connectivity index (χ3v) is 6.27. The predicted octanol–water partition coefficient (Wildman–Crippen LogP) is 3.57. The van der Waals surface area contributed by atoms with Crippen LogP contribution in [-0.4, -0.2) is 14.4 Å². The van der Waals surface area contributed by atoms with Gasteiger partial charge in [0.05, 0.1) is 10.5 Å². The molecule has 3 aromatic carbocycles. The minimum absolute atomic E-state index is 0.0595. The van der Waals surface area contributed by atoms with Gasteiger partial charge in [-0.15, -0.1) is 0 Å². The van der Waals surface area contributed by atoms with Crippen LogP contribution in [0.5, 0.6) is 0 Å². The second kappa shape index (κ2) is 7.64. The number of esters is 1. The number of carbonyl (C=O) groups is 1. The van der Waals surface area contributed by atoms with Crippen molar-refractivity contribution in [2.45, 2.75) is 25.3 Å². The van der Waals surface area contributed by atoms with E-state index < -0.39 is 21.6 Å². The van der Waals surface area contributed by atoms with Crippen LogP contribution < -0.4 is 10.8 Å². The van der Waals surface area contributed by atoms with Crippen molar-refractivity contribution >= 4 is 37.7 Å². The van der Waals surface area contributed by atoms with Crippen LogP contribution in [0.25, 0.3) is 21.7 Å². The van der Waals surface area contributed by atoms with E-state index in [0.29, 0.717) is 27.7 Å². The van der Waals surface area contributed by atoms with E-state index in [2.05, 4.69) is 0 Å². The summed E-state index contributed by atoms with van der Waals surface area (Å²) in [5.74, 6) is -0.727. The van der Waals surface area contributed by atoms with Crippen molar-refractivity contribution < 1.29 is 22.4 Å². The zero-order valence-electron chi connectivity index (χ0n) is 16.8. The van der Waals surface area contributed by atoms with E-state index in [0.717, 1.165) is 10.8 Å². The molecule has 0 saturated carbocycles. The van der Waals surface area contributed by atoms with Gasteiger partial charge in [-0.25, -0.2) is 23.1 Å². The molecule has 158 valence electrons. The molecular weight excluding hydrogens is 418 g/mol. The summed E-state index contributed by atoms with van der Waals surface area (Å²) in [6.07, 6.45) is 0. The molecule has 8 heteroatoms. The van der Waals surface area contributed by atoms with Crippen LogP contribution in [0.2, 0.25) is 0 Å². The number of benzene rings is 3. The number of sulfonamides is 1. The number of hydrogen-bond acceptors (Lipinski definition) is 6. The number of nitrogens with two attached hydrogens (primary N) is 1. The maximum atomic E-state index is 12.7. The van der Waals surface area contributed by atoms with Gasteiger partial charge in [0.2, 0.25) is 10.0 Å². The van der Waals surface area contributed by atoms with Gasteiger partial charge < -0.3 is 9.15 Å². The topological polar surface area (TPSA) is 117 Å². The minimum Gasteiger partial charge on any atom is -0.457 e. The molecule has 0 atom stereocenters. The second-order valence-corrected chi connectivity index (χ2v) is 8.82. The molecule has 0 unspecified atom stereocenters. The van der Waals surface area contributed by atoms with Crippen molar-refractivity contribution in [2.24, 2.45) is 5.14 Å². The molecule has 0 amide bonds.